The summed E-state index contributed by atoms with van der Waals surface area (Å²) in [6.45, 7) is 9.10. The molecule has 0 aromatic rings. The second-order valence-corrected chi connectivity index (χ2v) is 6.45. The molecule has 2 heterocycles. The van der Waals surface area contributed by atoms with Gasteiger partial charge in [-0.05, 0) is 12.3 Å². The van der Waals surface area contributed by atoms with Crippen LogP contribution in [0.15, 0.2) is 0 Å². The van der Waals surface area contributed by atoms with Crippen molar-refractivity contribution < 1.29 is 14.3 Å². The van der Waals surface area contributed by atoms with E-state index in [1.807, 2.05) is 27.7 Å². The second kappa shape index (κ2) is 3.62. The van der Waals surface area contributed by atoms with Gasteiger partial charge < -0.3 is 15.0 Å². The highest BCUT2D eigenvalue weighted by Gasteiger charge is 2.52. The lowest BCUT2D eigenvalue weighted by Crippen LogP contribution is -2.46. The van der Waals surface area contributed by atoms with Gasteiger partial charge in [-0.25, -0.2) is 4.79 Å². The Morgan fingerprint density at radius 2 is 2.24 bits per heavy atom. The Bertz CT molecular complexity index is 361. The third-order valence-corrected chi connectivity index (χ3v) is 3.29. The van der Waals surface area contributed by atoms with Gasteiger partial charge in [-0.2, -0.15) is 0 Å². The smallest absolute Gasteiger partial charge is 0.408 e. The fraction of sp³-hybridized carbons (Fsp3) is 0.833. The molecule has 5 nitrogen and oxygen atoms in total. The molecular formula is C12H20N2O3. The molecule has 2 aliphatic rings. The van der Waals surface area contributed by atoms with Crippen molar-refractivity contribution in [1.82, 2.24) is 10.2 Å². The predicted octanol–water partition coefficient (Wildman–Crippen LogP) is 1.13. The first-order chi connectivity index (χ1) is 7.70. The predicted molar refractivity (Wildman–Crippen MR) is 62.5 cm³/mol. The van der Waals surface area contributed by atoms with E-state index in [0.29, 0.717) is 19.5 Å². The second-order valence-electron chi connectivity index (χ2n) is 6.45. The standard InChI is InChI=1S/C12H20N2O3/c1-11(2,3)5-9(15)14-6-8-12(4,7-14)13-10(16)17-8/h8H,5-7H2,1-4H3,(H,13,16). The highest BCUT2D eigenvalue weighted by molar-refractivity contribution is 5.79. The van der Waals surface area contributed by atoms with E-state index in [0.717, 1.165) is 0 Å². The quantitative estimate of drug-likeness (QED) is 0.747. The minimum atomic E-state index is -0.412. The molecule has 0 radical (unpaired) electrons. The third kappa shape index (κ3) is 2.37. The summed E-state index contributed by atoms with van der Waals surface area (Å²) in [6.07, 6.45) is -0.0663. The number of ether oxygens (including phenoxy) is 1. The number of hydrogen-bond donors (Lipinski definition) is 1. The number of carbonyl (C=O) groups is 2. The Balaban J connectivity index is 2.00. The maximum atomic E-state index is 12.1. The number of carbonyl (C=O) groups excluding carboxylic acids is 2. The topological polar surface area (TPSA) is 58.6 Å². The fourth-order valence-electron chi connectivity index (χ4n) is 2.40. The fourth-order valence-corrected chi connectivity index (χ4v) is 2.40. The molecule has 2 saturated heterocycles. The van der Waals surface area contributed by atoms with Crippen molar-refractivity contribution >= 4 is 12.0 Å². The van der Waals surface area contributed by atoms with Crippen molar-refractivity contribution in [2.75, 3.05) is 13.1 Å². The number of nitrogens with zero attached hydrogens (tertiary/aromatic N) is 1. The van der Waals surface area contributed by atoms with E-state index in [1.54, 1.807) is 4.90 Å². The Kier molecular flexibility index (Phi) is 2.60. The van der Waals surface area contributed by atoms with E-state index < -0.39 is 5.54 Å². The first kappa shape index (κ1) is 12.2. The van der Waals surface area contributed by atoms with Crippen LogP contribution in [0.2, 0.25) is 0 Å². The van der Waals surface area contributed by atoms with Crippen LogP contribution in [0.4, 0.5) is 4.79 Å². The van der Waals surface area contributed by atoms with Crippen molar-refractivity contribution in [2.24, 2.45) is 5.41 Å². The van der Waals surface area contributed by atoms with Crippen LogP contribution in [0.25, 0.3) is 0 Å². The Labute approximate surface area is 101 Å². The number of likely N-dealkylation sites (tertiary alicyclic amines) is 1. The molecule has 0 saturated carbocycles. The molecule has 0 aromatic heterocycles. The van der Waals surface area contributed by atoms with Crippen LogP contribution < -0.4 is 5.32 Å². The molecule has 96 valence electrons. The molecule has 1 N–H and O–H groups in total. The summed E-state index contributed by atoms with van der Waals surface area (Å²) in [4.78, 5) is 25.0. The van der Waals surface area contributed by atoms with Crippen LogP contribution in [0, 0.1) is 5.41 Å². The number of nitrogens with one attached hydrogen (secondary N) is 1. The van der Waals surface area contributed by atoms with Gasteiger partial charge in [0.25, 0.3) is 0 Å². The molecule has 2 unspecified atom stereocenters. The summed E-state index contributed by atoms with van der Waals surface area (Å²) < 4.78 is 5.15. The van der Waals surface area contributed by atoms with E-state index >= 15 is 0 Å². The number of rotatable bonds is 1. The van der Waals surface area contributed by atoms with Crippen LogP contribution in [-0.2, 0) is 9.53 Å². The zero-order chi connectivity index (χ0) is 12.8. The van der Waals surface area contributed by atoms with E-state index in [-0.39, 0.29) is 23.5 Å². The zero-order valence-electron chi connectivity index (χ0n) is 10.9. The van der Waals surface area contributed by atoms with Gasteiger partial charge >= 0.3 is 6.09 Å². The minimum absolute atomic E-state index is 0.0141. The van der Waals surface area contributed by atoms with Gasteiger partial charge in [-0.15, -0.1) is 0 Å². The average Bonchev–Trinajstić information content (AvgIpc) is 2.51. The molecule has 2 aliphatic heterocycles. The molecule has 2 amide bonds. The number of fused-ring (bicyclic) bond motifs is 1. The van der Waals surface area contributed by atoms with E-state index in [9.17, 15) is 9.59 Å². The molecule has 17 heavy (non-hydrogen) atoms. The molecule has 0 spiro atoms. The zero-order valence-corrected chi connectivity index (χ0v) is 10.9. The molecular weight excluding hydrogens is 220 g/mol. The molecule has 0 bridgehead atoms. The Morgan fingerprint density at radius 3 is 2.76 bits per heavy atom. The summed E-state index contributed by atoms with van der Waals surface area (Å²) in [5.74, 6) is 0.131. The summed E-state index contributed by atoms with van der Waals surface area (Å²) in [5.41, 5.74) is -0.426. The lowest BCUT2D eigenvalue weighted by atomic mass is 9.91. The highest BCUT2D eigenvalue weighted by atomic mass is 16.6. The normalized spacial score (nSPS) is 32.1. The molecule has 0 aromatic carbocycles. The van der Waals surface area contributed by atoms with Gasteiger partial charge in [-0.3, -0.25) is 4.79 Å². The lowest BCUT2D eigenvalue weighted by molar-refractivity contribution is -0.132. The van der Waals surface area contributed by atoms with E-state index in [1.165, 1.54) is 0 Å². The van der Waals surface area contributed by atoms with Crippen LogP contribution in [0.3, 0.4) is 0 Å². The summed E-state index contributed by atoms with van der Waals surface area (Å²) in [7, 11) is 0. The highest BCUT2D eigenvalue weighted by Crippen LogP contribution is 2.30. The first-order valence-electron chi connectivity index (χ1n) is 5.96. The maximum absolute atomic E-state index is 12.1. The minimum Gasteiger partial charge on any atom is -0.442 e. The summed E-state index contributed by atoms with van der Waals surface area (Å²) in [5, 5.41) is 2.78. The van der Waals surface area contributed by atoms with Gasteiger partial charge in [-0.1, -0.05) is 20.8 Å². The van der Waals surface area contributed by atoms with Crippen molar-refractivity contribution in [3.8, 4) is 0 Å². The Hall–Kier alpha value is -1.26. The van der Waals surface area contributed by atoms with Crippen molar-refractivity contribution in [2.45, 2.75) is 45.8 Å². The van der Waals surface area contributed by atoms with Gasteiger partial charge in [0, 0.05) is 13.0 Å². The molecule has 0 aliphatic carbocycles. The van der Waals surface area contributed by atoms with Gasteiger partial charge in [0.1, 0.15) is 6.10 Å². The summed E-state index contributed by atoms with van der Waals surface area (Å²) in [6, 6.07) is 0. The number of hydrogen-bond acceptors (Lipinski definition) is 3. The van der Waals surface area contributed by atoms with Gasteiger partial charge in [0.15, 0.2) is 0 Å². The maximum Gasteiger partial charge on any atom is 0.408 e. The van der Waals surface area contributed by atoms with Crippen molar-refractivity contribution in [3.05, 3.63) is 0 Å². The molecule has 2 atom stereocenters. The Morgan fingerprint density at radius 1 is 1.59 bits per heavy atom. The van der Waals surface area contributed by atoms with Gasteiger partial charge in [0.05, 0.1) is 12.1 Å². The van der Waals surface area contributed by atoms with Crippen molar-refractivity contribution in [3.63, 3.8) is 0 Å². The van der Waals surface area contributed by atoms with Crippen LogP contribution >= 0.6 is 0 Å². The monoisotopic (exact) mass is 240 g/mol. The number of amides is 2. The number of alkyl carbamates (subject to hydrolysis) is 1. The lowest BCUT2D eigenvalue weighted by Gasteiger charge is -2.24. The largest absolute Gasteiger partial charge is 0.442 e. The SMILES string of the molecule is CC(C)(C)CC(=O)N1CC2OC(=O)NC2(C)C1. The average molecular weight is 240 g/mol. The molecule has 5 heteroatoms. The third-order valence-electron chi connectivity index (χ3n) is 3.29. The molecule has 2 fully saturated rings. The van der Waals surface area contributed by atoms with Crippen LogP contribution in [-0.4, -0.2) is 41.6 Å². The van der Waals surface area contributed by atoms with Gasteiger partial charge in [0.2, 0.25) is 5.91 Å². The molecule has 2 rings (SSSR count). The van der Waals surface area contributed by atoms with E-state index in [4.69, 9.17) is 4.74 Å². The van der Waals surface area contributed by atoms with E-state index in [2.05, 4.69) is 5.32 Å². The summed E-state index contributed by atoms with van der Waals surface area (Å²) >= 11 is 0. The van der Waals surface area contributed by atoms with Crippen LogP contribution in [0.5, 0.6) is 0 Å². The van der Waals surface area contributed by atoms with Crippen LogP contribution in [0.1, 0.15) is 34.1 Å². The van der Waals surface area contributed by atoms with Crippen molar-refractivity contribution in [1.29, 1.82) is 0 Å². The first-order valence-corrected chi connectivity index (χ1v) is 5.96.